The minimum absolute atomic E-state index is 0.122. The van der Waals surface area contributed by atoms with E-state index in [9.17, 15) is 9.59 Å². The van der Waals surface area contributed by atoms with Crippen molar-refractivity contribution in [3.05, 3.63) is 52.6 Å². The highest BCUT2D eigenvalue weighted by Crippen LogP contribution is 2.07. The smallest absolute Gasteiger partial charge is 0.280 e. The molecule has 0 unspecified atom stereocenters. The number of carbonyl (C=O) groups excluding carboxylic acids is 1. The van der Waals surface area contributed by atoms with Gasteiger partial charge >= 0.3 is 0 Å². The van der Waals surface area contributed by atoms with Crippen molar-refractivity contribution in [2.45, 2.75) is 6.42 Å². The molecule has 0 aliphatic rings. The number of aromatic amines is 1. The number of imidazole rings is 1. The monoisotopic (exact) mass is 283 g/mol. The summed E-state index contributed by atoms with van der Waals surface area (Å²) < 4.78 is 1.62. The fraction of sp³-hybridized carbons (Fsp3) is 0.143. The SMILES string of the molecule is Cn1cnc2c(=O)[nH]c(NC(=O)Cc3ccccc3)nc21. The molecule has 106 valence electrons. The van der Waals surface area contributed by atoms with E-state index in [-0.39, 0.29) is 29.4 Å². The number of anilines is 1. The summed E-state index contributed by atoms with van der Waals surface area (Å²) in [5.74, 6) is -0.122. The normalized spacial score (nSPS) is 10.7. The van der Waals surface area contributed by atoms with Gasteiger partial charge in [0.15, 0.2) is 11.2 Å². The van der Waals surface area contributed by atoms with Crippen LogP contribution in [0, 0.1) is 0 Å². The first-order valence-corrected chi connectivity index (χ1v) is 6.38. The second-order valence-electron chi connectivity index (χ2n) is 4.65. The number of rotatable bonds is 3. The first-order valence-electron chi connectivity index (χ1n) is 6.38. The molecule has 0 atom stereocenters. The van der Waals surface area contributed by atoms with Crippen LogP contribution in [0.5, 0.6) is 0 Å². The van der Waals surface area contributed by atoms with Crippen LogP contribution >= 0.6 is 0 Å². The Bertz CT molecular complexity index is 851. The standard InChI is InChI=1S/C14H13N5O2/c1-19-8-15-11-12(19)17-14(18-13(11)21)16-10(20)7-9-5-3-2-4-6-9/h2-6,8H,7H2,1H3,(H2,16,17,18,20,21). The van der Waals surface area contributed by atoms with Gasteiger partial charge in [0.05, 0.1) is 12.7 Å². The number of fused-ring (bicyclic) bond motifs is 1. The quantitative estimate of drug-likeness (QED) is 0.745. The molecule has 0 radical (unpaired) electrons. The summed E-state index contributed by atoms with van der Waals surface area (Å²) >= 11 is 0. The zero-order valence-electron chi connectivity index (χ0n) is 11.3. The number of nitrogens with zero attached hydrogens (tertiary/aromatic N) is 3. The second kappa shape index (κ2) is 5.20. The van der Waals surface area contributed by atoms with Crippen molar-refractivity contribution in [3.8, 4) is 0 Å². The molecule has 0 saturated carbocycles. The summed E-state index contributed by atoms with van der Waals surface area (Å²) in [6.07, 6.45) is 1.72. The van der Waals surface area contributed by atoms with Crippen LogP contribution in [-0.2, 0) is 18.3 Å². The van der Waals surface area contributed by atoms with Gasteiger partial charge in [-0.15, -0.1) is 0 Å². The van der Waals surface area contributed by atoms with Gasteiger partial charge in [-0.25, -0.2) is 4.98 Å². The molecular weight excluding hydrogens is 270 g/mol. The summed E-state index contributed by atoms with van der Waals surface area (Å²) in [4.78, 5) is 34.4. The summed E-state index contributed by atoms with van der Waals surface area (Å²) in [5.41, 5.74) is 1.18. The number of carbonyl (C=O) groups is 1. The van der Waals surface area contributed by atoms with E-state index in [1.54, 1.807) is 11.6 Å². The van der Waals surface area contributed by atoms with Gasteiger partial charge in [-0.1, -0.05) is 30.3 Å². The average Bonchev–Trinajstić information content (AvgIpc) is 2.82. The zero-order chi connectivity index (χ0) is 14.8. The van der Waals surface area contributed by atoms with Gasteiger partial charge in [0, 0.05) is 7.05 Å². The molecule has 3 rings (SSSR count). The van der Waals surface area contributed by atoms with Crippen LogP contribution in [0.25, 0.3) is 11.2 Å². The van der Waals surface area contributed by atoms with E-state index in [0.29, 0.717) is 5.65 Å². The third-order valence-electron chi connectivity index (χ3n) is 3.04. The second-order valence-corrected chi connectivity index (χ2v) is 4.65. The molecule has 1 aromatic carbocycles. The fourth-order valence-corrected chi connectivity index (χ4v) is 2.03. The van der Waals surface area contributed by atoms with Crippen molar-refractivity contribution in [3.63, 3.8) is 0 Å². The van der Waals surface area contributed by atoms with Crippen LogP contribution < -0.4 is 10.9 Å². The van der Waals surface area contributed by atoms with E-state index < -0.39 is 0 Å². The molecule has 2 aromatic heterocycles. The van der Waals surface area contributed by atoms with Gasteiger partial charge in [0.25, 0.3) is 5.56 Å². The fourth-order valence-electron chi connectivity index (χ4n) is 2.03. The van der Waals surface area contributed by atoms with E-state index in [1.165, 1.54) is 6.33 Å². The van der Waals surface area contributed by atoms with Crippen LogP contribution in [-0.4, -0.2) is 25.4 Å². The van der Waals surface area contributed by atoms with Gasteiger partial charge in [0.1, 0.15) is 0 Å². The number of nitrogens with one attached hydrogen (secondary N) is 2. The Morgan fingerprint density at radius 3 is 2.86 bits per heavy atom. The van der Waals surface area contributed by atoms with Gasteiger partial charge in [-0.2, -0.15) is 4.98 Å². The first kappa shape index (κ1) is 13.0. The van der Waals surface area contributed by atoms with Crippen molar-refractivity contribution in [1.29, 1.82) is 0 Å². The Kier molecular flexibility index (Phi) is 3.23. The molecule has 0 bridgehead atoms. The Hall–Kier alpha value is -2.96. The third-order valence-corrected chi connectivity index (χ3v) is 3.04. The number of H-pyrrole nitrogens is 1. The van der Waals surface area contributed by atoms with Gasteiger partial charge in [-0.05, 0) is 5.56 Å². The topological polar surface area (TPSA) is 92.7 Å². The van der Waals surface area contributed by atoms with Crippen LogP contribution in [0.3, 0.4) is 0 Å². The molecule has 2 heterocycles. The van der Waals surface area contributed by atoms with Gasteiger partial charge in [0.2, 0.25) is 11.9 Å². The molecule has 7 nitrogen and oxygen atoms in total. The molecule has 2 N–H and O–H groups in total. The van der Waals surface area contributed by atoms with E-state index in [4.69, 9.17) is 0 Å². The average molecular weight is 283 g/mol. The van der Waals surface area contributed by atoms with Crippen LogP contribution in [0.4, 0.5) is 5.95 Å². The van der Waals surface area contributed by atoms with Crippen LogP contribution in [0.2, 0.25) is 0 Å². The van der Waals surface area contributed by atoms with Crippen molar-refractivity contribution < 1.29 is 4.79 Å². The molecule has 21 heavy (non-hydrogen) atoms. The largest absolute Gasteiger partial charge is 0.318 e. The molecular formula is C14H13N5O2. The minimum atomic E-state index is -0.379. The lowest BCUT2D eigenvalue weighted by molar-refractivity contribution is -0.115. The Balaban J connectivity index is 1.83. The molecule has 0 fully saturated rings. The number of benzene rings is 1. The Labute approximate surface area is 119 Å². The van der Waals surface area contributed by atoms with Crippen LogP contribution in [0.15, 0.2) is 41.5 Å². The van der Waals surface area contributed by atoms with Crippen molar-refractivity contribution >= 4 is 23.0 Å². The number of amides is 1. The molecule has 0 saturated heterocycles. The molecule has 0 aliphatic carbocycles. The maximum Gasteiger partial charge on any atom is 0.280 e. The first-order chi connectivity index (χ1) is 10.1. The number of hydrogen-bond donors (Lipinski definition) is 2. The molecule has 1 amide bonds. The van der Waals surface area contributed by atoms with Gasteiger partial charge < -0.3 is 4.57 Å². The predicted molar refractivity (Wildman–Crippen MR) is 77.9 cm³/mol. The zero-order valence-corrected chi connectivity index (χ0v) is 11.3. The minimum Gasteiger partial charge on any atom is -0.318 e. The summed E-state index contributed by atoms with van der Waals surface area (Å²) in [6.45, 7) is 0. The number of aryl methyl sites for hydroxylation is 1. The van der Waals surface area contributed by atoms with Gasteiger partial charge in [-0.3, -0.25) is 19.9 Å². The van der Waals surface area contributed by atoms with Crippen molar-refractivity contribution in [2.24, 2.45) is 7.05 Å². The molecule has 0 aliphatic heterocycles. The maximum absolute atomic E-state index is 12.0. The van der Waals surface area contributed by atoms with E-state index in [2.05, 4.69) is 20.3 Å². The maximum atomic E-state index is 12.0. The third kappa shape index (κ3) is 2.66. The molecule has 3 aromatic rings. The highest BCUT2D eigenvalue weighted by atomic mass is 16.2. The lowest BCUT2D eigenvalue weighted by Crippen LogP contribution is -2.20. The highest BCUT2D eigenvalue weighted by Gasteiger charge is 2.10. The summed E-state index contributed by atoms with van der Waals surface area (Å²) in [7, 11) is 1.73. The summed E-state index contributed by atoms with van der Waals surface area (Å²) in [6, 6.07) is 9.34. The number of aromatic nitrogens is 4. The lowest BCUT2D eigenvalue weighted by Gasteiger charge is -2.04. The Morgan fingerprint density at radius 2 is 2.10 bits per heavy atom. The van der Waals surface area contributed by atoms with E-state index >= 15 is 0 Å². The van der Waals surface area contributed by atoms with Crippen molar-refractivity contribution in [1.82, 2.24) is 19.5 Å². The van der Waals surface area contributed by atoms with Crippen LogP contribution in [0.1, 0.15) is 5.56 Å². The van der Waals surface area contributed by atoms with Crippen molar-refractivity contribution in [2.75, 3.05) is 5.32 Å². The molecule has 0 spiro atoms. The lowest BCUT2D eigenvalue weighted by atomic mass is 10.1. The van der Waals surface area contributed by atoms with E-state index in [0.717, 1.165) is 5.56 Å². The van der Waals surface area contributed by atoms with E-state index in [1.807, 2.05) is 30.3 Å². The highest BCUT2D eigenvalue weighted by molar-refractivity contribution is 5.91. The number of hydrogen-bond acceptors (Lipinski definition) is 4. The Morgan fingerprint density at radius 1 is 1.33 bits per heavy atom. The molecule has 7 heteroatoms. The summed E-state index contributed by atoms with van der Waals surface area (Å²) in [5, 5.41) is 2.59. The predicted octanol–water partition coefficient (Wildman–Crippen LogP) is 0.838.